The molecule has 15 heavy (non-hydrogen) atoms. The molecule has 0 aliphatic carbocycles. The van der Waals surface area contributed by atoms with Crippen molar-refractivity contribution < 1.29 is 0 Å². The maximum absolute atomic E-state index is 5.30. The number of rotatable bonds is 6. The fourth-order valence-corrected chi connectivity index (χ4v) is 2.02. The van der Waals surface area contributed by atoms with Crippen molar-refractivity contribution in [2.24, 2.45) is 5.84 Å². The first-order chi connectivity index (χ1) is 7.30. The third-order valence-electron chi connectivity index (χ3n) is 2.14. The summed E-state index contributed by atoms with van der Waals surface area (Å²) in [5, 5.41) is 3.45. The molecule has 1 unspecified atom stereocenters. The molecule has 0 saturated carbocycles. The van der Waals surface area contributed by atoms with Gasteiger partial charge in [-0.3, -0.25) is 0 Å². The van der Waals surface area contributed by atoms with Crippen LogP contribution in [0.2, 0.25) is 0 Å². The van der Waals surface area contributed by atoms with E-state index in [0.29, 0.717) is 11.9 Å². The summed E-state index contributed by atoms with van der Waals surface area (Å²) in [4.78, 5) is 4.06. The van der Waals surface area contributed by atoms with E-state index in [2.05, 4.69) is 28.9 Å². The van der Waals surface area contributed by atoms with Crippen LogP contribution in [0.15, 0.2) is 18.3 Å². The SMILES string of the molecule is CCC(CSC)Nc1ccnc(NN)c1. The minimum Gasteiger partial charge on any atom is -0.381 e. The average Bonchev–Trinajstić information content (AvgIpc) is 2.29. The second kappa shape index (κ2) is 6.53. The van der Waals surface area contributed by atoms with Gasteiger partial charge in [0.05, 0.1) is 0 Å². The van der Waals surface area contributed by atoms with Crippen LogP contribution in [0.25, 0.3) is 0 Å². The molecule has 1 aromatic heterocycles. The lowest BCUT2D eigenvalue weighted by atomic mass is 10.2. The van der Waals surface area contributed by atoms with Gasteiger partial charge in [-0.15, -0.1) is 0 Å². The summed E-state index contributed by atoms with van der Waals surface area (Å²) in [5.74, 6) is 7.08. The lowest BCUT2D eigenvalue weighted by Crippen LogP contribution is -2.21. The highest BCUT2D eigenvalue weighted by atomic mass is 32.2. The number of hydrogen-bond acceptors (Lipinski definition) is 5. The van der Waals surface area contributed by atoms with E-state index in [0.717, 1.165) is 17.9 Å². The van der Waals surface area contributed by atoms with Crippen LogP contribution in [-0.4, -0.2) is 23.0 Å². The molecule has 5 heteroatoms. The Morgan fingerprint density at radius 1 is 1.60 bits per heavy atom. The van der Waals surface area contributed by atoms with Crippen molar-refractivity contribution in [3.05, 3.63) is 18.3 Å². The quantitative estimate of drug-likeness (QED) is 0.511. The minimum atomic E-state index is 0.494. The summed E-state index contributed by atoms with van der Waals surface area (Å²) in [6.07, 6.45) is 4.96. The van der Waals surface area contributed by atoms with Gasteiger partial charge in [0.25, 0.3) is 0 Å². The maximum Gasteiger partial charge on any atom is 0.141 e. The van der Waals surface area contributed by atoms with Gasteiger partial charge in [0.2, 0.25) is 0 Å². The van der Waals surface area contributed by atoms with Crippen LogP contribution in [0.4, 0.5) is 11.5 Å². The Kier molecular flexibility index (Phi) is 5.28. The van der Waals surface area contributed by atoms with Crippen LogP contribution in [0.3, 0.4) is 0 Å². The summed E-state index contributed by atoms with van der Waals surface area (Å²) in [6.45, 7) is 2.18. The molecular weight excluding hydrogens is 208 g/mol. The van der Waals surface area contributed by atoms with Crippen molar-refractivity contribution in [2.75, 3.05) is 22.8 Å². The zero-order valence-corrected chi connectivity index (χ0v) is 9.97. The highest BCUT2D eigenvalue weighted by molar-refractivity contribution is 7.98. The number of aromatic nitrogens is 1. The van der Waals surface area contributed by atoms with E-state index in [4.69, 9.17) is 5.84 Å². The number of hydrazine groups is 1. The van der Waals surface area contributed by atoms with Gasteiger partial charge in [0.15, 0.2) is 0 Å². The molecule has 0 amide bonds. The third-order valence-corrected chi connectivity index (χ3v) is 2.87. The smallest absolute Gasteiger partial charge is 0.141 e. The molecule has 0 fully saturated rings. The number of nitrogens with zero attached hydrogens (tertiary/aromatic N) is 1. The second-order valence-electron chi connectivity index (χ2n) is 3.28. The number of hydrogen-bond donors (Lipinski definition) is 3. The molecule has 0 aromatic carbocycles. The lowest BCUT2D eigenvalue weighted by molar-refractivity contribution is 0.775. The predicted molar refractivity (Wildman–Crippen MR) is 68.1 cm³/mol. The van der Waals surface area contributed by atoms with E-state index in [9.17, 15) is 0 Å². The van der Waals surface area contributed by atoms with Crippen LogP contribution in [0.5, 0.6) is 0 Å². The van der Waals surface area contributed by atoms with Crippen LogP contribution >= 0.6 is 11.8 Å². The zero-order valence-electron chi connectivity index (χ0n) is 9.16. The Bertz CT molecular complexity index is 293. The molecule has 1 atom stereocenters. The number of thioether (sulfide) groups is 1. The average molecular weight is 226 g/mol. The lowest BCUT2D eigenvalue weighted by Gasteiger charge is -2.17. The number of pyridine rings is 1. The molecule has 1 heterocycles. The van der Waals surface area contributed by atoms with Gasteiger partial charge >= 0.3 is 0 Å². The minimum absolute atomic E-state index is 0.494. The maximum atomic E-state index is 5.30. The monoisotopic (exact) mass is 226 g/mol. The highest BCUT2D eigenvalue weighted by Gasteiger charge is 2.05. The van der Waals surface area contributed by atoms with E-state index in [1.165, 1.54) is 0 Å². The largest absolute Gasteiger partial charge is 0.381 e. The summed E-state index contributed by atoms with van der Waals surface area (Å²) >= 11 is 1.85. The van der Waals surface area contributed by atoms with E-state index < -0.39 is 0 Å². The first-order valence-corrected chi connectivity index (χ1v) is 6.37. The number of anilines is 2. The van der Waals surface area contributed by atoms with Gasteiger partial charge in [-0.25, -0.2) is 10.8 Å². The number of nitrogens with two attached hydrogens (primary N) is 1. The van der Waals surface area contributed by atoms with Crippen LogP contribution in [-0.2, 0) is 0 Å². The van der Waals surface area contributed by atoms with Crippen LogP contribution in [0, 0.1) is 0 Å². The molecule has 1 aromatic rings. The van der Waals surface area contributed by atoms with Crippen molar-refractivity contribution in [1.29, 1.82) is 0 Å². The summed E-state index contributed by atoms with van der Waals surface area (Å²) in [6, 6.07) is 4.35. The normalized spacial score (nSPS) is 12.2. The zero-order chi connectivity index (χ0) is 11.1. The van der Waals surface area contributed by atoms with Gasteiger partial charge in [-0.2, -0.15) is 11.8 Å². The Balaban J connectivity index is 2.61. The van der Waals surface area contributed by atoms with Crippen LogP contribution < -0.4 is 16.6 Å². The standard InChI is InChI=1S/C10H18N4S/c1-3-8(7-15-2)13-9-4-5-12-10(6-9)14-11/h4-6,8H,3,7,11H2,1-2H3,(H2,12,13,14). The summed E-state index contributed by atoms with van der Waals surface area (Å²) in [5.41, 5.74) is 3.59. The number of nitrogens with one attached hydrogen (secondary N) is 2. The van der Waals surface area contributed by atoms with Gasteiger partial charge in [-0.05, 0) is 18.7 Å². The molecule has 4 nitrogen and oxygen atoms in total. The Morgan fingerprint density at radius 2 is 2.40 bits per heavy atom. The van der Waals surface area contributed by atoms with E-state index in [1.54, 1.807) is 6.20 Å². The fourth-order valence-electron chi connectivity index (χ4n) is 1.30. The highest BCUT2D eigenvalue weighted by Crippen LogP contribution is 2.14. The van der Waals surface area contributed by atoms with Crippen molar-refractivity contribution in [3.63, 3.8) is 0 Å². The molecule has 1 rings (SSSR count). The molecule has 0 aliphatic heterocycles. The summed E-state index contributed by atoms with van der Waals surface area (Å²) in [7, 11) is 0. The Hall–Kier alpha value is -0.940. The van der Waals surface area contributed by atoms with Gasteiger partial charge in [0, 0.05) is 29.7 Å². The van der Waals surface area contributed by atoms with Gasteiger partial charge < -0.3 is 10.7 Å². The predicted octanol–water partition coefficient (Wildman–Crippen LogP) is 1.92. The Labute approximate surface area is 95.0 Å². The fraction of sp³-hybridized carbons (Fsp3) is 0.500. The number of nitrogen functional groups attached to an aromatic ring is 1. The van der Waals surface area contributed by atoms with Crippen molar-refractivity contribution in [3.8, 4) is 0 Å². The van der Waals surface area contributed by atoms with E-state index in [-0.39, 0.29) is 0 Å². The third kappa shape index (κ3) is 3.97. The first-order valence-electron chi connectivity index (χ1n) is 4.98. The van der Waals surface area contributed by atoms with Crippen molar-refractivity contribution >= 4 is 23.3 Å². The molecule has 0 aliphatic rings. The molecule has 0 bridgehead atoms. The molecular formula is C10H18N4S. The molecule has 0 radical (unpaired) electrons. The molecule has 4 N–H and O–H groups in total. The molecule has 0 saturated heterocycles. The first kappa shape index (κ1) is 12.1. The Morgan fingerprint density at radius 3 is 3.00 bits per heavy atom. The second-order valence-corrected chi connectivity index (χ2v) is 4.19. The van der Waals surface area contributed by atoms with E-state index in [1.807, 2.05) is 23.9 Å². The molecule has 84 valence electrons. The van der Waals surface area contributed by atoms with E-state index >= 15 is 0 Å². The van der Waals surface area contributed by atoms with Crippen molar-refractivity contribution in [1.82, 2.24) is 4.98 Å². The van der Waals surface area contributed by atoms with Crippen LogP contribution in [0.1, 0.15) is 13.3 Å². The van der Waals surface area contributed by atoms with Gasteiger partial charge in [0.1, 0.15) is 5.82 Å². The summed E-state index contributed by atoms with van der Waals surface area (Å²) < 4.78 is 0. The van der Waals surface area contributed by atoms with Gasteiger partial charge in [-0.1, -0.05) is 6.92 Å². The topological polar surface area (TPSA) is 63.0 Å². The molecule has 0 spiro atoms. The van der Waals surface area contributed by atoms with Crippen molar-refractivity contribution in [2.45, 2.75) is 19.4 Å².